The van der Waals surface area contributed by atoms with E-state index in [-0.39, 0.29) is 6.61 Å². The third kappa shape index (κ3) is 5.00. The molecule has 0 aliphatic heterocycles. The molecule has 5 heteroatoms. The molecule has 1 amide bonds. The Kier molecular flexibility index (Phi) is 5.55. The number of carbonyl (C=O) groups excluding carboxylic acids is 1. The maximum absolute atomic E-state index is 11.1. The topological polar surface area (TPSA) is 71.5 Å². The molecule has 0 spiro atoms. The Balaban J connectivity index is 2.66. The Morgan fingerprint density at radius 2 is 2.47 bits per heavy atom. The Bertz CT molecular complexity index is 435. The van der Waals surface area contributed by atoms with Crippen molar-refractivity contribution in [2.24, 2.45) is 0 Å². The van der Waals surface area contributed by atoms with Crippen LogP contribution in [0.25, 0.3) is 0 Å². The van der Waals surface area contributed by atoms with Gasteiger partial charge in [-0.15, -0.1) is 0 Å². The molecular formula is C12H14N2O3. The number of nitrogens with one attached hydrogen (secondary N) is 1. The number of nitrogens with zero attached hydrogens (tertiary/aromatic N) is 1. The molecule has 0 radical (unpaired) electrons. The van der Waals surface area contributed by atoms with Crippen molar-refractivity contribution >= 4 is 11.9 Å². The van der Waals surface area contributed by atoms with Crippen molar-refractivity contribution in [1.29, 1.82) is 0 Å². The van der Waals surface area contributed by atoms with Crippen LogP contribution in [0.15, 0.2) is 18.3 Å². The molecule has 5 nitrogen and oxygen atoms in total. The van der Waals surface area contributed by atoms with Gasteiger partial charge in [-0.2, -0.15) is 0 Å². The first-order chi connectivity index (χ1) is 8.26. The van der Waals surface area contributed by atoms with Gasteiger partial charge in [0.2, 0.25) is 0 Å². The smallest absolute Gasteiger partial charge is 0.412 e. The number of carbonyl (C=O) groups is 1. The van der Waals surface area contributed by atoms with Gasteiger partial charge in [-0.05, 0) is 19.1 Å². The first kappa shape index (κ1) is 13.0. The van der Waals surface area contributed by atoms with Gasteiger partial charge in [0.1, 0.15) is 5.82 Å². The van der Waals surface area contributed by atoms with Crippen LogP contribution in [0.3, 0.4) is 0 Å². The molecule has 1 heterocycles. The monoisotopic (exact) mass is 234 g/mol. The van der Waals surface area contributed by atoms with Crippen molar-refractivity contribution in [3.05, 3.63) is 23.9 Å². The summed E-state index contributed by atoms with van der Waals surface area (Å²) in [6, 6.07) is 3.36. The van der Waals surface area contributed by atoms with E-state index in [4.69, 9.17) is 9.84 Å². The maximum atomic E-state index is 11.1. The molecule has 0 unspecified atom stereocenters. The Hall–Kier alpha value is -2.06. The normalized spacial score (nSPS) is 9.06. The molecule has 0 fully saturated rings. The summed E-state index contributed by atoms with van der Waals surface area (Å²) in [5.74, 6) is 6.02. The van der Waals surface area contributed by atoms with Gasteiger partial charge in [-0.1, -0.05) is 11.8 Å². The SMILES string of the molecule is CCOC(=O)Nc1cc(C#CCCO)ccn1. The van der Waals surface area contributed by atoms with Gasteiger partial charge in [-0.25, -0.2) is 9.78 Å². The summed E-state index contributed by atoms with van der Waals surface area (Å²) < 4.78 is 4.73. The van der Waals surface area contributed by atoms with E-state index in [2.05, 4.69) is 22.1 Å². The summed E-state index contributed by atoms with van der Waals surface area (Å²) in [6.07, 6.45) is 1.42. The van der Waals surface area contributed by atoms with E-state index >= 15 is 0 Å². The molecule has 1 aromatic rings. The summed E-state index contributed by atoms with van der Waals surface area (Å²) in [6.45, 7) is 2.07. The number of pyridine rings is 1. The highest BCUT2D eigenvalue weighted by Crippen LogP contribution is 2.06. The van der Waals surface area contributed by atoms with Gasteiger partial charge in [0.05, 0.1) is 13.2 Å². The van der Waals surface area contributed by atoms with E-state index in [9.17, 15) is 4.79 Å². The minimum atomic E-state index is -0.541. The average molecular weight is 234 g/mol. The highest BCUT2D eigenvalue weighted by molar-refractivity contribution is 5.83. The molecule has 0 aliphatic carbocycles. The van der Waals surface area contributed by atoms with E-state index in [0.29, 0.717) is 18.8 Å². The van der Waals surface area contributed by atoms with Crippen molar-refractivity contribution in [2.45, 2.75) is 13.3 Å². The van der Waals surface area contributed by atoms with Gasteiger partial charge in [0.15, 0.2) is 0 Å². The molecule has 0 saturated carbocycles. The largest absolute Gasteiger partial charge is 0.450 e. The number of aliphatic hydroxyl groups is 1. The highest BCUT2D eigenvalue weighted by Gasteiger charge is 2.02. The van der Waals surface area contributed by atoms with Crippen molar-refractivity contribution in [3.63, 3.8) is 0 Å². The van der Waals surface area contributed by atoms with Crippen molar-refractivity contribution < 1.29 is 14.6 Å². The van der Waals surface area contributed by atoms with E-state index in [1.807, 2.05) is 0 Å². The first-order valence-electron chi connectivity index (χ1n) is 5.25. The molecule has 90 valence electrons. The average Bonchev–Trinajstić information content (AvgIpc) is 2.30. The van der Waals surface area contributed by atoms with Crippen LogP contribution in [-0.2, 0) is 4.74 Å². The summed E-state index contributed by atoms with van der Waals surface area (Å²) in [5.41, 5.74) is 0.722. The van der Waals surface area contributed by atoms with Gasteiger partial charge in [-0.3, -0.25) is 5.32 Å². The number of aliphatic hydroxyl groups excluding tert-OH is 1. The van der Waals surface area contributed by atoms with Crippen LogP contribution >= 0.6 is 0 Å². The lowest BCUT2D eigenvalue weighted by molar-refractivity contribution is 0.168. The van der Waals surface area contributed by atoms with E-state index in [1.165, 1.54) is 0 Å². The molecule has 1 aromatic heterocycles. The minimum Gasteiger partial charge on any atom is -0.450 e. The molecular weight excluding hydrogens is 220 g/mol. The molecule has 0 aliphatic rings. The fraction of sp³-hybridized carbons (Fsp3) is 0.333. The maximum Gasteiger partial charge on any atom is 0.412 e. The van der Waals surface area contributed by atoms with Gasteiger partial charge >= 0.3 is 6.09 Å². The van der Waals surface area contributed by atoms with E-state index in [1.54, 1.807) is 25.3 Å². The van der Waals surface area contributed by atoms with Crippen LogP contribution in [0.2, 0.25) is 0 Å². The summed E-state index contributed by atoms with van der Waals surface area (Å²) >= 11 is 0. The third-order valence-corrected chi connectivity index (χ3v) is 1.74. The second-order valence-electron chi connectivity index (χ2n) is 3.05. The fourth-order valence-electron chi connectivity index (χ4n) is 1.07. The molecule has 0 saturated heterocycles. The van der Waals surface area contributed by atoms with Crippen LogP contribution in [0, 0.1) is 11.8 Å². The van der Waals surface area contributed by atoms with Gasteiger partial charge in [0, 0.05) is 18.2 Å². The zero-order valence-corrected chi connectivity index (χ0v) is 9.56. The Morgan fingerprint density at radius 3 is 3.18 bits per heavy atom. The predicted molar refractivity (Wildman–Crippen MR) is 63.5 cm³/mol. The van der Waals surface area contributed by atoms with Gasteiger partial charge in [0.25, 0.3) is 0 Å². The number of ether oxygens (including phenoxy) is 1. The fourth-order valence-corrected chi connectivity index (χ4v) is 1.07. The van der Waals surface area contributed by atoms with Crippen LogP contribution in [0.5, 0.6) is 0 Å². The molecule has 0 aromatic carbocycles. The standard InChI is InChI=1S/C12H14N2O3/c1-2-17-12(16)14-11-9-10(6-7-13-11)5-3-4-8-15/h6-7,9,15H,2,4,8H2,1H3,(H,13,14,16). The van der Waals surface area contributed by atoms with Crippen LogP contribution in [0.1, 0.15) is 18.9 Å². The van der Waals surface area contributed by atoms with Crippen LogP contribution < -0.4 is 5.32 Å². The lowest BCUT2D eigenvalue weighted by Gasteiger charge is -2.03. The summed E-state index contributed by atoms with van der Waals surface area (Å²) in [5, 5.41) is 11.1. The minimum absolute atomic E-state index is 0.0337. The Labute approximate surface area is 99.8 Å². The third-order valence-electron chi connectivity index (χ3n) is 1.74. The summed E-state index contributed by atoms with van der Waals surface area (Å²) in [4.78, 5) is 15.1. The lowest BCUT2D eigenvalue weighted by atomic mass is 10.2. The zero-order chi connectivity index (χ0) is 12.5. The molecule has 17 heavy (non-hydrogen) atoms. The van der Waals surface area contributed by atoms with Crippen LogP contribution in [-0.4, -0.2) is 29.4 Å². The van der Waals surface area contributed by atoms with Crippen molar-refractivity contribution in [3.8, 4) is 11.8 Å². The molecule has 2 N–H and O–H groups in total. The van der Waals surface area contributed by atoms with E-state index in [0.717, 1.165) is 5.56 Å². The number of amides is 1. The number of aromatic nitrogens is 1. The molecule has 1 rings (SSSR count). The van der Waals surface area contributed by atoms with Crippen LogP contribution in [0.4, 0.5) is 10.6 Å². The van der Waals surface area contributed by atoms with Gasteiger partial charge < -0.3 is 9.84 Å². The summed E-state index contributed by atoms with van der Waals surface area (Å²) in [7, 11) is 0. The second kappa shape index (κ2) is 7.25. The number of hydrogen-bond acceptors (Lipinski definition) is 4. The lowest BCUT2D eigenvalue weighted by Crippen LogP contribution is -2.14. The number of hydrogen-bond donors (Lipinski definition) is 2. The van der Waals surface area contributed by atoms with E-state index < -0.39 is 6.09 Å². The quantitative estimate of drug-likeness (QED) is 0.775. The second-order valence-corrected chi connectivity index (χ2v) is 3.05. The highest BCUT2D eigenvalue weighted by atomic mass is 16.5. The predicted octanol–water partition coefficient (Wildman–Crippen LogP) is 1.38. The molecule has 0 atom stereocenters. The van der Waals surface area contributed by atoms with Crippen molar-refractivity contribution in [2.75, 3.05) is 18.5 Å². The number of rotatable bonds is 3. The first-order valence-corrected chi connectivity index (χ1v) is 5.25. The zero-order valence-electron chi connectivity index (χ0n) is 9.56. The van der Waals surface area contributed by atoms with Crippen molar-refractivity contribution in [1.82, 2.24) is 4.98 Å². The number of anilines is 1. The molecule has 0 bridgehead atoms. The Morgan fingerprint density at radius 1 is 1.65 bits per heavy atom.